The maximum absolute atomic E-state index is 13.3. The lowest BCUT2D eigenvalue weighted by molar-refractivity contribution is -0.140. The number of halogens is 3. The molecule has 0 aliphatic heterocycles. The molecule has 1 rings (SSSR count). The highest BCUT2D eigenvalue weighted by molar-refractivity contribution is 5.73. The number of benzene rings is 1. The Kier molecular flexibility index (Phi) is 4.72. The molecule has 0 aliphatic rings. The van der Waals surface area contributed by atoms with E-state index in [1.54, 1.807) is 13.8 Å². The first kappa shape index (κ1) is 14.5. The molecule has 3 nitrogen and oxygen atoms in total. The maximum Gasteiger partial charge on any atom is 0.320 e. The summed E-state index contributed by atoms with van der Waals surface area (Å²) in [6.07, 6.45) is 0. The maximum atomic E-state index is 13.3. The Bertz CT molecular complexity index is 449. The molecule has 0 spiro atoms. The van der Waals surface area contributed by atoms with Crippen LogP contribution in [0.25, 0.3) is 0 Å². The standard InChI is InChI=1S/C12H14F3NO2/c1-6(2)11(12(17)18)16-5-7-3-9(14)10(15)4-8(7)13/h3-4,6,11,16H,5H2,1-2H3,(H,17,18)/t11-/m0/s1. The van der Waals surface area contributed by atoms with Crippen LogP contribution in [0.1, 0.15) is 19.4 Å². The van der Waals surface area contributed by atoms with Crippen LogP contribution in [-0.2, 0) is 11.3 Å². The van der Waals surface area contributed by atoms with Crippen molar-refractivity contribution in [2.45, 2.75) is 26.4 Å². The van der Waals surface area contributed by atoms with Crippen LogP contribution >= 0.6 is 0 Å². The number of hydrogen-bond donors (Lipinski definition) is 2. The van der Waals surface area contributed by atoms with E-state index in [-0.39, 0.29) is 18.0 Å². The number of carboxylic acid groups (broad SMARTS) is 1. The van der Waals surface area contributed by atoms with Crippen LogP contribution in [0.4, 0.5) is 13.2 Å². The third-order valence-corrected chi connectivity index (χ3v) is 2.53. The molecule has 0 bridgehead atoms. The molecular weight excluding hydrogens is 247 g/mol. The van der Waals surface area contributed by atoms with E-state index in [2.05, 4.69) is 5.32 Å². The van der Waals surface area contributed by atoms with Crippen LogP contribution in [0, 0.1) is 23.4 Å². The largest absolute Gasteiger partial charge is 0.480 e. The van der Waals surface area contributed by atoms with Crippen molar-refractivity contribution in [1.29, 1.82) is 0 Å². The zero-order valence-corrected chi connectivity index (χ0v) is 10.0. The van der Waals surface area contributed by atoms with E-state index in [0.717, 1.165) is 6.07 Å². The number of rotatable bonds is 5. The van der Waals surface area contributed by atoms with Gasteiger partial charge in [0.05, 0.1) is 0 Å². The summed E-state index contributed by atoms with van der Waals surface area (Å²) in [4.78, 5) is 10.9. The molecular formula is C12H14F3NO2. The van der Waals surface area contributed by atoms with Gasteiger partial charge in [-0.25, -0.2) is 13.2 Å². The summed E-state index contributed by atoms with van der Waals surface area (Å²) >= 11 is 0. The second-order valence-electron chi connectivity index (χ2n) is 4.30. The van der Waals surface area contributed by atoms with Crippen molar-refractivity contribution in [3.63, 3.8) is 0 Å². The first-order chi connectivity index (χ1) is 8.32. The number of carbonyl (C=O) groups is 1. The molecule has 18 heavy (non-hydrogen) atoms. The minimum atomic E-state index is -1.27. The summed E-state index contributed by atoms with van der Waals surface area (Å²) < 4.78 is 38.9. The van der Waals surface area contributed by atoms with Crippen molar-refractivity contribution < 1.29 is 23.1 Å². The van der Waals surface area contributed by atoms with Crippen molar-refractivity contribution in [2.75, 3.05) is 0 Å². The predicted octanol–water partition coefficient (Wildman–Crippen LogP) is 2.30. The van der Waals surface area contributed by atoms with Gasteiger partial charge in [-0.2, -0.15) is 0 Å². The highest BCUT2D eigenvalue weighted by atomic mass is 19.2. The molecule has 0 aliphatic carbocycles. The number of carboxylic acids is 1. The van der Waals surface area contributed by atoms with E-state index in [0.29, 0.717) is 6.07 Å². The lowest BCUT2D eigenvalue weighted by Gasteiger charge is -2.18. The summed E-state index contributed by atoms with van der Waals surface area (Å²) in [5.74, 6) is -4.63. The predicted molar refractivity (Wildman–Crippen MR) is 59.4 cm³/mol. The summed E-state index contributed by atoms with van der Waals surface area (Å²) in [5, 5.41) is 11.5. The van der Waals surface area contributed by atoms with Crippen molar-refractivity contribution in [2.24, 2.45) is 5.92 Å². The van der Waals surface area contributed by atoms with Crippen molar-refractivity contribution in [3.8, 4) is 0 Å². The Morgan fingerprint density at radius 3 is 2.28 bits per heavy atom. The summed E-state index contributed by atoms with van der Waals surface area (Å²) in [5.41, 5.74) is -0.110. The van der Waals surface area contributed by atoms with Crippen LogP contribution in [0.5, 0.6) is 0 Å². The fraction of sp³-hybridized carbons (Fsp3) is 0.417. The molecule has 2 N–H and O–H groups in total. The van der Waals surface area contributed by atoms with E-state index < -0.39 is 29.5 Å². The molecule has 0 saturated carbocycles. The zero-order chi connectivity index (χ0) is 13.9. The average molecular weight is 261 g/mol. The monoisotopic (exact) mass is 261 g/mol. The van der Waals surface area contributed by atoms with E-state index >= 15 is 0 Å². The molecule has 0 fully saturated rings. The molecule has 6 heteroatoms. The fourth-order valence-electron chi connectivity index (χ4n) is 1.53. The van der Waals surface area contributed by atoms with Crippen molar-refractivity contribution in [1.82, 2.24) is 5.32 Å². The SMILES string of the molecule is CC(C)[C@H](NCc1cc(F)c(F)cc1F)C(=O)O. The van der Waals surface area contributed by atoms with Gasteiger partial charge in [0, 0.05) is 18.2 Å². The van der Waals surface area contributed by atoms with Gasteiger partial charge in [0.2, 0.25) is 0 Å². The third-order valence-electron chi connectivity index (χ3n) is 2.53. The van der Waals surface area contributed by atoms with Gasteiger partial charge in [0.15, 0.2) is 11.6 Å². The first-order valence-electron chi connectivity index (χ1n) is 5.42. The van der Waals surface area contributed by atoms with E-state index in [4.69, 9.17) is 5.11 Å². The number of nitrogens with one attached hydrogen (secondary N) is 1. The zero-order valence-electron chi connectivity index (χ0n) is 10.0. The lowest BCUT2D eigenvalue weighted by Crippen LogP contribution is -2.40. The van der Waals surface area contributed by atoms with Crippen LogP contribution < -0.4 is 5.32 Å². The van der Waals surface area contributed by atoms with E-state index in [1.165, 1.54) is 0 Å². The molecule has 0 aromatic heterocycles. The normalized spacial score (nSPS) is 12.8. The molecule has 0 amide bonds. The second-order valence-corrected chi connectivity index (χ2v) is 4.30. The molecule has 1 atom stereocenters. The molecule has 100 valence electrons. The Labute approximate surface area is 103 Å². The minimum Gasteiger partial charge on any atom is -0.480 e. The molecule has 0 radical (unpaired) electrons. The first-order valence-corrected chi connectivity index (χ1v) is 5.42. The quantitative estimate of drug-likeness (QED) is 0.800. The van der Waals surface area contributed by atoms with Gasteiger partial charge in [-0.05, 0) is 12.0 Å². The van der Waals surface area contributed by atoms with Crippen molar-refractivity contribution >= 4 is 5.97 Å². The second kappa shape index (κ2) is 5.86. The number of aliphatic carboxylic acids is 1. The Balaban J connectivity index is 2.79. The van der Waals surface area contributed by atoms with E-state index in [1.807, 2.05) is 0 Å². The lowest BCUT2D eigenvalue weighted by atomic mass is 10.0. The molecule has 0 unspecified atom stereocenters. The smallest absolute Gasteiger partial charge is 0.320 e. The fourth-order valence-corrected chi connectivity index (χ4v) is 1.53. The van der Waals surface area contributed by atoms with Crippen molar-refractivity contribution in [3.05, 3.63) is 35.1 Å². The summed E-state index contributed by atoms with van der Waals surface area (Å²) in [6.45, 7) is 3.19. The van der Waals surface area contributed by atoms with Gasteiger partial charge in [-0.3, -0.25) is 10.1 Å². The Hall–Kier alpha value is -1.56. The third kappa shape index (κ3) is 3.46. The minimum absolute atomic E-state index is 0.110. The topological polar surface area (TPSA) is 49.3 Å². The highest BCUT2D eigenvalue weighted by Crippen LogP contribution is 2.14. The molecule has 1 aromatic carbocycles. The van der Waals surface area contributed by atoms with Crippen LogP contribution in [0.2, 0.25) is 0 Å². The van der Waals surface area contributed by atoms with Crippen LogP contribution in [0.15, 0.2) is 12.1 Å². The molecule has 0 saturated heterocycles. The van der Waals surface area contributed by atoms with Gasteiger partial charge in [0.1, 0.15) is 11.9 Å². The average Bonchev–Trinajstić information content (AvgIpc) is 2.24. The van der Waals surface area contributed by atoms with Gasteiger partial charge in [0.25, 0.3) is 0 Å². The summed E-state index contributed by atoms with van der Waals surface area (Å²) in [7, 11) is 0. The van der Waals surface area contributed by atoms with E-state index in [9.17, 15) is 18.0 Å². The van der Waals surface area contributed by atoms with Gasteiger partial charge >= 0.3 is 5.97 Å². The van der Waals surface area contributed by atoms with Crippen LogP contribution in [-0.4, -0.2) is 17.1 Å². The van der Waals surface area contributed by atoms with Gasteiger partial charge < -0.3 is 5.11 Å². The Morgan fingerprint density at radius 1 is 1.22 bits per heavy atom. The van der Waals surface area contributed by atoms with Gasteiger partial charge in [-0.1, -0.05) is 13.8 Å². The number of hydrogen-bond acceptors (Lipinski definition) is 2. The van der Waals surface area contributed by atoms with Gasteiger partial charge in [-0.15, -0.1) is 0 Å². The summed E-state index contributed by atoms with van der Waals surface area (Å²) in [6, 6.07) is 0.284. The molecule has 1 aromatic rings. The molecule has 0 heterocycles. The highest BCUT2D eigenvalue weighted by Gasteiger charge is 2.21. The van der Waals surface area contributed by atoms with Crippen LogP contribution in [0.3, 0.4) is 0 Å². The Morgan fingerprint density at radius 2 is 1.78 bits per heavy atom.